The zero-order valence-corrected chi connectivity index (χ0v) is 9.29. The molecule has 1 saturated heterocycles. The summed E-state index contributed by atoms with van der Waals surface area (Å²) in [5.74, 6) is 4.78. The highest BCUT2D eigenvalue weighted by atomic mass is 19.1. The molecule has 1 aromatic rings. The predicted octanol–water partition coefficient (Wildman–Crippen LogP) is 1.81. The minimum Gasteiger partial charge on any atom is -0.300 e. The summed E-state index contributed by atoms with van der Waals surface area (Å²) in [6.45, 7) is 3.11. The zero-order chi connectivity index (χ0) is 11.4. The maximum absolute atomic E-state index is 13.7. The lowest BCUT2D eigenvalue weighted by Gasteiger charge is -2.15. The summed E-state index contributed by atoms with van der Waals surface area (Å²) in [5, 5.41) is 0. The van der Waals surface area contributed by atoms with Gasteiger partial charge in [-0.1, -0.05) is 12.1 Å². The topological polar surface area (TPSA) is 38.5 Å². The molecule has 88 valence electrons. The highest BCUT2D eigenvalue weighted by Gasteiger charge is 2.13. The Morgan fingerprint density at radius 3 is 2.69 bits per heavy atom. The molecule has 0 aliphatic carbocycles. The molecule has 2 rings (SSSR count). The molecule has 2 N–H and O–H groups in total. The van der Waals surface area contributed by atoms with Crippen LogP contribution in [0.1, 0.15) is 24.0 Å². The first-order valence-electron chi connectivity index (χ1n) is 5.61. The van der Waals surface area contributed by atoms with E-state index in [0.717, 1.165) is 24.2 Å². The number of nitrogens with two attached hydrogens (primary N) is 1. The Morgan fingerprint density at radius 2 is 2.06 bits per heavy atom. The van der Waals surface area contributed by atoms with Crippen LogP contribution in [-0.2, 0) is 18.0 Å². The molecule has 0 amide bonds. The molecule has 0 unspecified atom stereocenters. The van der Waals surface area contributed by atoms with Gasteiger partial charge in [0, 0.05) is 12.1 Å². The van der Waals surface area contributed by atoms with Gasteiger partial charge in [0.2, 0.25) is 0 Å². The third-order valence-electron chi connectivity index (χ3n) is 2.96. The Balaban J connectivity index is 2.03. The quantitative estimate of drug-likeness (QED) is 0.793. The predicted molar refractivity (Wildman–Crippen MR) is 59.9 cm³/mol. The van der Waals surface area contributed by atoms with E-state index >= 15 is 0 Å². The normalized spacial score (nSPS) is 16.9. The molecule has 0 aromatic heterocycles. The lowest BCUT2D eigenvalue weighted by atomic mass is 10.1. The summed E-state index contributed by atoms with van der Waals surface area (Å²) in [4.78, 5) is 6.75. The van der Waals surface area contributed by atoms with Gasteiger partial charge in [-0.2, -0.15) is 0 Å². The fraction of sp³-hybridized carbons (Fsp3) is 0.500. The van der Waals surface area contributed by atoms with Crippen molar-refractivity contribution in [2.24, 2.45) is 5.90 Å². The number of halogens is 1. The van der Waals surface area contributed by atoms with Gasteiger partial charge in [0.1, 0.15) is 5.82 Å². The van der Waals surface area contributed by atoms with Gasteiger partial charge in [0.05, 0.1) is 6.61 Å². The molecule has 16 heavy (non-hydrogen) atoms. The van der Waals surface area contributed by atoms with E-state index in [9.17, 15) is 4.39 Å². The number of benzene rings is 1. The number of rotatable bonds is 4. The molecule has 0 spiro atoms. The molecule has 0 saturated carbocycles. The molecular weight excluding hydrogens is 207 g/mol. The van der Waals surface area contributed by atoms with Crippen LogP contribution in [0.2, 0.25) is 0 Å². The SMILES string of the molecule is NOCc1ccc(CN2CCCC2)c(F)c1. The standard InChI is InChI=1S/C12H17FN2O/c13-12-7-10(9-16-14)3-4-11(12)8-15-5-1-2-6-15/h3-4,7H,1-2,5-6,8-9,14H2. The maximum Gasteiger partial charge on any atom is 0.128 e. The third-order valence-corrected chi connectivity index (χ3v) is 2.96. The lowest BCUT2D eigenvalue weighted by Crippen LogP contribution is -2.19. The maximum atomic E-state index is 13.7. The monoisotopic (exact) mass is 224 g/mol. The van der Waals surface area contributed by atoms with Gasteiger partial charge in [0.25, 0.3) is 0 Å². The lowest BCUT2D eigenvalue weighted by molar-refractivity contribution is 0.124. The summed E-state index contributed by atoms with van der Waals surface area (Å²) in [6, 6.07) is 5.18. The van der Waals surface area contributed by atoms with E-state index in [0.29, 0.717) is 6.54 Å². The number of nitrogens with zero attached hydrogens (tertiary/aromatic N) is 1. The largest absolute Gasteiger partial charge is 0.300 e. The number of likely N-dealkylation sites (tertiary alicyclic amines) is 1. The van der Waals surface area contributed by atoms with E-state index in [1.165, 1.54) is 18.9 Å². The van der Waals surface area contributed by atoms with E-state index in [2.05, 4.69) is 9.74 Å². The molecule has 0 atom stereocenters. The molecule has 3 nitrogen and oxygen atoms in total. The van der Waals surface area contributed by atoms with E-state index in [-0.39, 0.29) is 12.4 Å². The first-order chi connectivity index (χ1) is 7.79. The van der Waals surface area contributed by atoms with Crippen molar-refractivity contribution in [3.05, 3.63) is 35.1 Å². The Kier molecular flexibility index (Phi) is 3.88. The number of hydrogen-bond acceptors (Lipinski definition) is 3. The van der Waals surface area contributed by atoms with Crippen molar-refractivity contribution < 1.29 is 9.23 Å². The van der Waals surface area contributed by atoms with E-state index in [1.54, 1.807) is 0 Å². The second-order valence-corrected chi connectivity index (χ2v) is 4.22. The Morgan fingerprint density at radius 1 is 1.31 bits per heavy atom. The fourth-order valence-electron chi connectivity index (χ4n) is 2.09. The van der Waals surface area contributed by atoms with Crippen LogP contribution >= 0.6 is 0 Å². The summed E-state index contributed by atoms with van der Waals surface area (Å²) in [7, 11) is 0. The summed E-state index contributed by atoms with van der Waals surface area (Å²) < 4.78 is 13.7. The van der Waals surface area contributed by atoms with Crippen LogP contribution in [0.5, 0.6) is 0 Å². The molecule has 1 aliphatic heterocycles. The molecule has 0 bridgehead atoms. The smallest absolute Gasteiger partial charge is 0.128 e. The van der Waals surface area contributed by atoms with E-state index in [4.69, 9.17) is 5.90 Å². The van der Waals surface area contributed by atoms with E-state index < -0.39 is 0 Å². The molecule has 1 fully saturated rings. The van der Waals surface area contributed by atoms with Crippen molar-refractivity contribution in [3.8, 4) is 0 Å². The third kappa shape index (κ3) is 2.78. The summed E-state index contributed by atoms with van der Waals surface area (Å²) in [6.07, 6.45) is 2.45. The molecule has 4 heteroatoms. The van der Waals surface area contributed by atoms with Crippen LogP contribution in [0.25, 0.3) is 0 Å². The van der Waals surface area contributed by atoms with Gasteiger partial charge < -0.3 is 0 Å². The van der Waals surface area contributed by atoms with Crippen LogP contribution in [0.3, 0.4) is 0 Å². The van der Waals surface area contributed by atoms with Crippen molar-refractivity contribution in [3.63, 3.8) is 0 Å². The van der Waals surface area contributed by atoms with Crippen molar-refractivity contribution in [2.75, 3.05) is 13.1 Å². The minimum absolute atomic E-state index is 0.165. The molecule has 1 aliphatic rings. The van der Waals surface area contributed by atoms with Crippen LogP contribution in [0.4, 0.5) is 4.39 Å². The Hall–Kier alpha value is -0.970. The van der Waals surface area contributed by atoms with Crippen molar-refractivity contribution in [2.45, 2.75) is 26.0 Å². The van der Waals surface area contributed by atoms with Crippen LogP contribution in [0.15, 0.2) is 18.2 Å². The minimum atomic E-state index is -0.165. The molecule has 1 aromatic carbocycles. The summed E-state index contributed by atoms with van der Waals surface area (Å²) >= 11 is 0. The second kappa shape index (κ2) is 5.39. The first-order valence-corrected chi connectivity index (χ1v) is 5.61. The van der Waals surface area contributed by atoms with Crippen LogP contribution < -0.4 is 5.90 Å². The summed E-state index contributed by atoms with van der Waals surface area (Å²) in [5.41, 5.74) is 1.52. The van der Waals surface area contributed by atoms with Crippen LogP contribution in [-0.4, -0.2) is 18.0 Å². The zero-order valence-electron chi connectivity index (χ0n) is 9.29. The Bertz CT molecular complexity index is 351. The first kappa shape index (κ1) is 11.5. The number of hydrogen-bond donors (Lipinski definition) is 1. The molecule has 1 heterocycles. The van der Waals surface area contributed by atoms with Crippen LogP contribution in [0, 0.1) is 5.82 Å². The van der Waals surface area contributed by atoms with Crippen molar-refractivity contribution >= 4 is 0 Å². The van der Waals surface area contributed by atoms with Gasteiger partial charge in [0.15, 0.2) is 0 Å². The van der Waals surface area contributed by atoms with Gasteiger partial charge in [-0.25, -0.2) is 10.3 Å². The van der Waals surface area contributed by atoms with Gasteiger partial charge >= 0.3 is 0 Å². The molecular formula is C12H17FN2O. The highest BCUT2D eigenvalue weighted by molar-refractivity contribution is 5.24. The van der Waals surface area contributed by atoms with Crippen molar-refractivity contribution in [1.82, 2.24) is 4.90 Å². The highest BCUT2D eigenvalue weighted by Crippen LogP contribution is 2.16. The van der Waals surface area contributed by atoms with Gasteiger partial charge in [-0.05, 0) is 37.6 Å². The Labute approximate surface area is 94.9 Å². The second-order valence-electron chi connectivity index (χ2n) is 4.22. The van der Waals surface area contributed by atoms with Gasteiger partial charge in [-0.15, -0.1) is 0 Å². The fourth-order valence-corrected chi connectivity index (χ4v) is 2.09. The van der Waals surface area contributed by atoms with E-state index in [1.807, 2.05) is 12.1 Å². The average molecular weight is 224 g/mol. The van der Waals surface area contributed by atoms with Gasteiger partial charge in [-0.3, -0.25) is 9.74 Å². The average Bonchev–Trinajstić information content (AvgIpc) is 2.75. The van der Waals surface area contributed by atoms with Crippen molar-refractivity contribution in [1.29, 1.82) is 0 Å². The molecule has 0 radical (unpaired) electrons.